The Bertz CT molecular complexity index is 390. The normalized spacial score (nSPS) is 12.4. The van der Waals surface area contributed by atoms with Gasteiger partial charge in [-0.3, -0.25) is 0 Å². The Kier molecular flexibility index (Phi) is 15.7. The molecule has 0 aromatic heterocycles. The molecular weight excluding hydrogens is 348 g/mol. The lowest BCUT2D eigenvalue weighted by Gasteiger charge is -2.10. The maximum atomic E-state index is 11.5. The van der Waals surface area contributed by atoms with Gasteiger partial charge in [-0.2, -0.15) is 0 Å². The van der Waals surface area contributed by atoms with E-state index in [9.17, 15) is 8.42 Å². The minimum absolute atomic E-state index is 0.274. The van der Waals surface area contributed by atoms with Gasteiger partial charge in [0.05, 0.1) is 58.1 Å². The summed E-state index contributed by atoms with van der Waals surface area (Å²) < 4.78 is 46.9. The molecule has 0 spiro atoms. The summed E-state index contributed by atoms with van der Waals surface area (Å²) >= 11 is 0. The Labute approximate surface area is 153 Å². The van der Waals surface area contributed by atoms with E-state index >= 15 is 0 Å². The van der Waals surface area contributed by atoms with Crippen LogP contribution in [0.3, 0.4) is 0 Å². The van der Waals surface area contributed by atoms with Crippen LogP contribution in [0.1, 0.15) is 27.7 Å². The van der Waals surface area contributed by atoms with Crippen LogP contribution < -0.4 is 10.0 Å². The van der Waals surface area contributed by atoms with Gasteiger partial charge in [0.1, 0.15) is 0 Å². The third-order valence-electron chi connectivity index (χ3n) is 3.09. The molecule has 0 aliphatic rings. The molecule has 0 aliphatic heterocycles. The highest BCUT2D eigenvalue weighted by molar-refractivity contribution is 7.90. The van der Waals surface area contributed by atoms with Crippen molar-refractivity contribution < 1.29 is 27.4 Å². The lowest BCUT2D eigenvalue weighted by molar-refractivity contribution is -0.000906. The van der Waals surface area contributed by atoms with E-state index in [0.29, 0.717) is 58.9 Å². The Balaban J connectivity index is 3.17. The van der Waals surface area contributed by atoms with Crippen molar-refractivity contribution in [3.8, 4) is 0 Å². The Morgan fingerprint density at radius 1 is 0.680 bits per heavy atom. The van der Waals surface area contributed by atoms with Gasteiger partial charge in [0.15, 0.2) is 0 Å². The molecule has 0 fully saturated rings. The molecule has 0 radical (unpaired) electrons. The summed E-state index contributed by atoms with van der Waals surface area (Å²) in [6.07, 6.45) is 0. The van der Waals surface area contributed by atoms with Gasteiger partial charge in [-0.05, 0) is 13.8 Å². The minimum atomic E-state index is -3.21. The molecule has 0 unspecified atom stereocenters. The zero-order chi connectivity index (χ0) is 19.0. The molecule has 0 atom stereocenters. The number of rotatable bonds is 18. The second-order valence-electron chi connectivity index (χ2n) is 6.05. The summed E-state index contributed by atoms with van der Waals surface area (Å²) in [4.78, 5) is 0. The number of sulfonamides is 1. The van der Waals surface area contributed by atoms with E-state index in [1.165, 1.54) is 0 Å². The van der Waals surface area contributed by atoms with E-state index < -0.39 is 15.3 Å². The molecule has 0 aromatic carbocycles. The first-order valence-electron chi connectivity index (χ1n) is 8.89. The molecular formula is C16H36N2O6S. The Morgan fingerprint density at radius 3 is 1.48 bits per heavy atom. The van der Waals surface area contributed by atoms with Crippen molar-refractivity contribution in [3.05, 3.63) is 0 Å². The average Bonchev–Trinajstić information content (AvgIpc) is 2.54. The van der Waals surface area contributed by atoms with E-state index in [4.69, 9.17) is 18.9 Å². The first kappa shape index (κ1) is 24.7. The van der Waals surface area contributed by atoms with Crippen molar-refractivity contribution in [1.82, 2.24) is 10.0 Å². The fourth-order valence-corrected chi connectivity index (χ4v) is 2.31. The van der Waals surface area contributed by atoms with E-state index in [1.807, 2.05) is 0 Å². The molecule has 152 valence electrons. The van der Waals surface area contributed by atoms with E-state index in [2.05, 4.69) is 23.9 Å². The molecule has 0 bridgehead atoms. The number of nitrogens with one attached hydrogen (secondary N) is 2. The van der Waals surface area contributed by atoms with Crippen molar-refractivity contribution in [2.24, 2.45) is 0 Å². The molecule has 0 rings (SSSR count). The van der Waals surface area contributed by atoms with Crippen LogP contribution in [-0.4, -0.2) is 85.7 Å². The van der Waals surface area contributed by atoms with Crippen LogP contribution in [0.15, 0.2) is 0 Å². The Morgan fingerprint density at radius 2 is 1.08 bits per heavy atom. The van der Waals surface area contributed by atoms with Crippen molar-refractivity contribution in [3.63, 3.8) is 0 Å². The maximum Gasteiger partial charge on any atom is 0.214 e. The smallest absolute Gasteiger partial charge is 0.214 e. The second kappa shape index (κ2) is 15.9. The zero-order valence-corrected chi connectivity index (χ0v) is 16.9. The largest absolute Gasteiger partial charge is 0.378 e. The van der Waals surface area contributed by atoms with Gasteiger partial charge in [0.25, 0.3) is 0 Å². The zero-order valence-electron chi connectivity index (χ0n) is 16.1. The fourth-order valence-electron chi connectivity index (χ4n) is 1.60. The van der Waals surface area contributed by atoms with Crippen LogP contribution in [0.25, 0.3) is 0 Å². The molecule has 0 aromatic rings. The number of ether oxygens (including phenoxy) is 4. The molecule has 0 saturated carbocycles. The third kappa shape index (κ3) is 16.9. The van der Waals surface area contributed by atoms with Gasteiger partial charge < -0.3 is 24.3 Å². The van der Waals surface area contributed by atoms with Gasteiger partial charge in [0.2, 0.25) is 10.0 Å². The van der Waals surface area contributed by atoms with Gasteiger partial charge in [-0.1, -0.05) is 13.8 Å². The lowest BCUT2D eigenvalue weighted by atomic mass is 10.4. The molecule has 9 heteroatoms. The SMILES string of the molecule is CC(C)NCCOCCOCCOCCOCCNS(=O)(=O)C(C)C. The van der Waals surface area contributed by atoms with Crippen LogP contribution in [0.2, 0.25) is 0 Å². The standard InChI is InChI=1S/C16H36N2O6S/c1-15(2)17-5-7-21-9-11-23-13-14-24-12-10-22-8-6-18-25(19,20)16(3)4/h15-18H,5-14H2,1-4H3. The summed E-state index contributed by atoms with van der Waals surface area (Å²) in [6, 6.07) is 0.477. The van der Waals surface area contributed by atoms with Crippen molar-refractivity contribution >= 4 is 10.0 Å². The van der Waals surface area contributed by atoms with Crippen LogP contribution in [0.4, 0.5) is 0 Å². The van der Waals surface area contributed by atoms with E-state index in [1.54, 1.807) is 13.8 Å². The van der Waals surface area contributed by atoms with Crippen molar-refractivity contribution in [2.45, 2.75) is 39.0 Å². The molecule has 25 heavy (non-hydrogen) atoms. The van der Waals surface area contributed by atoms with Crippen LogP contribution in [-0.2, 0) is 29.0 Å². The summed E-state index contributed by atoms with van der Waals surface area (Å²) in [5, 5.41) is 2.84. The van der Waals surface area contributed by atoms with Crippen LogP contribution in [0.5, 0.6) is 0 Å². The van der Waals surface area contributed by atoms with Gasteiger partial charge in [0, 0.05) is 19.1 Å². The number of hydrogen-bond donors (Lipinski definition) is 2. The topological polar surface area (TPSA) is 95.1 Å². The number of hydrogen-bond acceptors (Lipinski definition) is 7. The van der Waals surface area contributed by atoms with Crippen LogP contribution in [0, 0.1) is 0 Å². The summed E-state index contributed by atoms with van der Waals surface area (Å²) in [5.41, 5.74) is 0. The predicted molar refractivity (Wildman–Crippen MR) is 98.5 cm³/mol. The van der Waals surface area contributed by atoms with Crippen molar-refractivity contribution in [1.29, 1.82) is 0 Å². The second-order valence-corrected chi connectivity index (χ2v) is 8.37. The quantitative estimate of drug-likeness (QED) is 0.330. The molecule has 0 heterocycles. The molecule has 0 saturated heterocycles. The molecule has 0 amide bonds. The first-order chi connectivity index (χ1) is 11.9. The lowest BCUT2D eigenvalue weighted by Crippen LogP contribution is -2.33. The van der Waals surface area contributed by atoms with Gasteiger partial charge in [-0.15, -0.1) is 0 Å². The first-order valence-corrected chi connectivity index (χ1v) is 10.4. The predicted octanol–water partition coefficient (Wildman–Crippen LogP) is 0.379. The summed E-state index contributed by atoms with van der Waals surface area (Å²) in [5.74, 6) is 0. The minimum Gasteiger partial charge on any atom is -0.378 e. The van der Waals surface area contributed by atoms with E-state index in [-0.39, 0.29) is 6.54 Å². The maximum absolute atomic E-state index is 11.5. The highest BCUT2D eigenvalue weighted by Crippen LogP contribution is 1.94. The third-order valence-corrected chi connectivity index (χ3v) is 4.93. The van der Waals surface area contributed by atoms with Gasteiger partial charge in [-0.25, -0.2) is 13.1 Å². The van der Waals surface area contributed by atoms with Crippen molar-refractivity contribution in [2.75, 3.05) is 65.9 Å². The Hall–Kier alpha value is -0.290. The van der Waals surface area contributed by atoms with E-state index in [0.717, 1.165) is 6.54 Å². The van der Waals surface area contributed by atoms with Gasteiger partial charge >= 0.3 is 0 Å². The highest BCUT2D eigenvalue weighted by atomic mass is 32.2. The average molecular weight is 385 g/mol. The summed E-state index contributed by atoms with van der Waals surface area (Å²) in [7, 11) is -3.21. The monoisotopic (exact) mass is 384 g/mol. The molecule has 8 nitrogen and oxygen atoms in total. The fraction of sp³-hybridized carbons (Fsp3) is 1.00. The highest BCUT2D eigenvalue weighted by Gasteiger charge is 2.13. The summed E-state index contributed by atoms with van der Waals surface area (Å²) in [6.45, 7) is 12.6. The molecule has 2 N–H and O–H groups in total. The van der Waals surface area contributed by atoms with Crippen LogP contribution >= 0.6 is 0 Å². The molecule has 0 aliphatic carbocycles.